The molecule has 3 aromatic rings. The zero-order valence-electron chi connectivity index (χ0n) is 23.6. The van der Waals surface area contributed by atoms with E-state index in [-0.39, 0.29) is 23.8 Å². The number of aryl methyl sites for hydroxylation is 2. The largest absolute Gasteiger partial charge is 0.350 e. The molecule has 1 unspecified atom stereocenters. The fourth-order valence-corrected chi connectivity index (χ4v) is 5.39. The Morgan fingerprint density at radius 3 is 2.05 bits per heavy atom. The fraction of sp³-hybridized carbons (Fsp3) is 0.355. The van der Waals surface area contributed by atoms with Gasteiger partial charge in [-0.15, -0.1) is 0 Å². The Balaban J connectivity index is 1.99. The van der Waals surface area contributed by atoms with Crippen LogP contribution in [0, 0.1) is 13.8 Å². The van der Waals surface area contributed by atoms with Crippen LogP contribution in [0.3, 0.4) is 0 Å². The summed E-state index contributed by atoms with van der Waals surface area (Å²) in [5.74, 6) is -0.754. The van der Waals surface area contributed by atoms with Crippen LogP contribution in [0.5, 0.6) is 0 Å². The van der Waals surface area contributed by atoms with Crippen molar-refractivity contribution in [3.05, 3.63) is 101 Å². The third kappa shape index (κ3) is 8.50. The van der Waals surface area contributed by atoms with E-state index < -0.39 is 34.1 Å². The summed E-state index contributed by atoms with van der Waals surface area (Å²) in [6.07, 6.45) is 0.286. The molecule has 0 spiro atoms. The number of likely N-dealkylation sites (N-methyl/N-ethyl adjacent to an activating group) is 1. The van der Waals surface area contributed by atoms with Gasteiger partial charge in [-0.05, 0) is 57.9 Å². The second kappa shape index (κ2) is 12.6. The number of carbonyl (C=O) groups excluding carboxylic acids is 2. The molecule has 0 fully saturated rings. The SMILES string of the molecule is Cc1ccc(S(=O)(=O)N(C)CC(=O)N(Cc2cccc(C)c2)C(Cc2ccccc2)C(=O)NC(C)(C)C)cc1. The lowest BCUT2D eigenvalue weighted by molar-refractivity contribution is -0.141. The van der Waals surface area contributed by atoms with E-state index in [4.69, 9.17) is 0 Å². The van der Waals surface area contributed by atoms with Crippen molar-refractivity contribution in [2.45, 2.75) is 64.1 Å². The Kier molecular flexibility index (Phi) is 9.69. The molecular weight excluding hydrogens is 510 g/mol. The summed E-state index contributed by atoms with van der Waals surface area (Å²) >= 11 is 0. The smallest absolute Gasteiger partial charge is 0.243 e. The van der Waals surface area contributed by atoms with Crippen LogP contribution in [0.2, 0.25) is 0 Å². The van der Waals surface area contributed by atoms with Crippen molar-refractivity contribution in [2.24, 2.45) is 0 Å². The van der Waals surface area contributed by atoms with E-state index in [0.29, 0.717) is 0 Å². The van der Waals surface area contributed by atoms with Crippen LogP contribution in [0.1, 0.15) is 43.0 Å². The lowest BCUT2D eigenvalue weighted by Crippen LogP contribution is -2.56. The Morgan fingerprint density at radius 1 is 0.846 bits per heavy atom. The number of benzene rings is 3. The summed E-state index contributed by atoms with van der Waals surface area (Å²) in [5, 5.41) is 3.02. The van der Waals surface area contributed by atoms with Crippen LogP contribution in [0.15, 0.2) is 83.8 Å². The molecule has 0 radical (unpaired) electrons. The number of hydrogen-bond acceptors (Lipinski definition) is 4. The first kappa shape index (κ1) is 30.1. The molecule has 3 rings (SSSR count). The van der Waals surface area contributed by atoms with Crippen LogP contribution in [-0.2, 0) is 32.6 Å². The highest BCUT2D eigenvalue weighted by Crippen LogP contribution is 2.19. The van der Waals surface area contributed by atoms with Gasteiger partial charge in [0.1, 0.15) is 6.04 Å². The molecule has 1 N–H and O–H groups in total. The van der Waals surface area contributed by atoms with Gasteiger partial charge in [0, 0.05) is 25.6 Å². The standard InChI is InChI=1S/C31H39N3O4S/c1-23-15-17-27(18-16-23)39(37,38)33(6)22-29(35)34(21-26-14-10-11-24(2)19-26)28(30(36)32-31(3,4)5)20-25-12-8-7-9-13-25/h7-19,28H,20-22H2,1-6H3,(H,32,36). The van der Waals surface area contributed by atoms with Gasteiger partial charge in [-0.1, -0.05) is 77.9 Å². The highest BCUT2D eigenvalue weighted by atomic mass is 32.2. The van der Waals surface area contributed by atoms with Crippen LogP contribution in [0.25, 0.3) is 0 Å². The quantitative estimate of drug-likeness (QED) is 0.404. The van der Waals surface area contributed by atoms with E-state index in [2.05, 4.69) is 5.32 Å². The molecule has 0 aliphatic carbocycles. The minimum atomic E-state index is -3.91. The van der Waals surface area contributed by atoms with E-state index in [1.807, 2.05) is 89.2 Å². The monoisotopic (exact) mass is 549 g/mol. The molecule has 0 aliphatic heterocycles. The van der Waals surface area contributed by atoms with Gasteiger partial charge in [0.15, 0.2) is 0 Å². The number of hydrogen-bond donors (Lipinski definition) is 1. The molecule has 0 bridgehead atoms. The van der Waals surface area contributed by atoms with Gasteiger partial charge < -0.3 is 10.2 Å². The lowest BCUT2D eigenvalue weighted by atomic mass is 10.0. The van der Waals surface area contributed by atoms with E-state index in [9.17, 15) is 18.0 Å². The van der Waals surface area contributed by atoms with Crippen molar-refractivity contribution < 1.29 is 18.0 Å². The van der Waals surface area contributed by atoms with E-state index in [1.165, 1.54) is 24.1 Å². The molecule has 0 heterocycles. The number of carbonyl (C=O) groups is 2. The number of sulfonamides is 1. The molecule has 7 nitrogen and oxygen atoms in total. The van der Waals surface area contributed by atoms with Gasteiger partial charge in [0.25, 0.3) is 0 Å². The summed E-state index contributed by atoms with van der Waals surface area (Å²) in [6, 6.07) is 22.9. The van der Waals surface area contributed by atoms with E-state index in [0.717, 1.165) is 26.6 Å². The molecule has 0 aromatic heterocycles. The number of rotatable bonds is 10. The molecule has 0 saturated carbocycles. The molecule has 2 amide bonds. The minimum Gasteiger partial charge on any atom is -0.350 e. The highest BCUT2D eigenvalue weighted by Gasteiger charge is 2.34. The van der Waals surface area contributed by atoms with Gasteiger partial charge in [-0.2, -0.15) is 4.31 Å². The molecule has 0 saturated heterocycles. The zero-order chi connectivity index (χ0) is 28.8. The molecule has 0 aliphatic rings. The van der Waals surface area contributed by atoms with Crippen molar-refractivity contribution in [2.75, 3.05) is 13.6 Å². The molecule has 1 atom stereocenters. The van der Waals surface area contributed by atoms with Crippen molar-refractivity contribution in [1.82, 2.24) is 14.5 Å². The molecular formula is C31H39N3O4S. The van der Waals surface area contributed by atoms with Crippen LogP contribution < -0.4 is 5.32 Å². The van der Waals surface area contributed by atoms with Gasteiger partial charge >= 0.3 is 0 Å². The topological polar surface area (TPSA) is 86.8 Å². The molecule has 8 heteroatoms. The van der Waals surface area contributed by atoms with Crippen molar-refractivity contribution in [1.29, 1.82) is 0 Å². The highest BCUT2D eigenvalue weighted by molar-refractivity contribution is 7.89. The predicted octanol–water partition coefficient (Wildman–Crippen LogP) is 4.48. The Bertz CT molecular complexity index is 1380. The summed E-state index contributed by atoms with van der Waals surface area (Å²) in [6.45, 7) is 9.26. The average Bonchev–Trinajstić information content (AvgIpc) is 2.86. The predicted molar refractivity (Wildman–Crippen MR) is 155 cm³/mol. The molecule has 208 valence electrons. The minimum absolute atomic E-state index is 0.111. The number of nitrogens with one attached hydrogen (secondary N) is 1. The molecule has 39 heavy (non-hydrogen) atoms. The van der Waals surface area contributed by atoms with Crippen molar-refractivity contribution in [3.63, 3.8) is 0 Å². The average molecular weight is 550 g/mol. The maximum Gasteiger partial charge on any atom is 0.243 e. The summed E-state index contributed by atoms with van der Waals surface area (Å²) in [5.41, 5.74) is 3.20. The van der Waals surface area contributed by atoms with E-state index in [1.54, 1.807) is 12.1 Å². The second-order valence-electron chi connectivity index (χ2n) is 11.0. The first-order chi connectivity index (χ1) is 18.3. The normalized spacial score (nSPS) is 12.7. The number of nitrogens with zero attached hydrogens (tertiary/aromatic N) is 2. The first-order valence-corrected chi connectivity index (χ1v) is 14.4. The fourth-order valence-electron chi connectivity index (χ4n) is 4.27. The lowest BCUT2D eigenvalue weighted by Gasteiger charge is -2.34. The van der Waals surface area contributed by atoms with Crippen LogP contribution in [-0.4, -0.2) is 54.6 Å². The summed E-state index contributed by atoms with van der Waals surface area (Å²) < 4.78 is 27.6. The van der Waals surface area contributed by atoms with Gasteiger partial charge in [-0.25, -0.2) is 8.42 Å². The first-order valence-electron chi connectivity index (χ1n) is 13.0. The summed E-state index contributed by atoms with van der Waals surface area (Å²) in [7, 11) is -2.52. The van der Waals surface area contributed by atoms with Crippen LogP contribution >= 0.6 is 0 Å². The third-order valence-electron chi connectivity index (χ3n) is 6.29. The maximum atomic E-state index is 13.9. The molecule has 3 aromatic carbocycles. The Hall–Kier alpha value is -3.49. The van der Waals surface area contributed by atoms with Crippen molar-refractivity contribution in [3.8, 4) is 0 Å². The van der Waals surface area contributed by atoms with Gasteiger partial charge in [0.2, 0.25) is 21.8 Å². The Morgan fingerprint density at radius 2 is 1.46 bits per heavy atom. The Labute approximate surface area is 232 Å². The van der Waals surface area contributed by atoms with E-state index >= 15 is 0 Å². The van der Waals surface area contributed by atoms with Crippen LogP contribution in [0.4, 0.5) is 0 Å². The maximum absolute atomic E-state index is 13.9. The third-order valence-corrected chi connectivity index (χ3v) is 8.11. The van der Waals surface area contributed by atoms with Gasteiger partial charge in [0.05, 0.1) is 11.4 Å². The number of amides is 2. The zero-order valence-corrected chi connectivity index (χ0v) is 24.5. The van der Waals surface area contributed by atoms with Crippen molar-refractivity contribution >= 4 is 21.8 Å². The second-order valence-corrected chi connectivity index (χ2v) is 13.1. The summed E-state index contributed by atoms with van der Waals surface area (Å²) in [4.78, 5) is 29.2. The van der Waals surface area contributed by atoms with Gasteiger partial charge in [-0.3, -0.25) is 9.59 Å².